The van der Waals surface area contributed by atoms with E-state index < -0.39 is 0 Å². The lowest BCUT2D eigenvalue weighted by atomic mass is 10.0. The maximum absolute atomic E-state index is 8.49. The van der Waals surface area contributed by atoms with Crippen LogP contribution in [0, 0.1) is 0 Å². The van der Waals surface area contributed by atoms with Crippen molar-refractivity contribution in [2.75, 3.05) is 0 Å². The van der Waals surface area contributed by atoms with Gasteiger partial charge in [-0.25, -0.2) is 5.26 Å². The zero-order chi connectivity index (χ0) is 9.14. The summed E-state index contributed by atoms with van der Waals surface area (Å²) in [6, 6.07) is 5.55. The van der Waals surface area contributed by atoms with Gasteiger partial charge in [-0.3, -0.25) is 0 Å². The van der Waals surface area contributed by atoms with E-state index in [2.05, 4.69) is 34.7 Å². The van der Waals surface area contributed by atoms with E-state index in [1.807, 2.05) is 12.1 Å². The molecule has 1 rings (SSSR count). The van der Waals surface area contributed by atoms with E-state index >= 15 is 0 Å². The molecule has 1 aromatic carbocycles. The molecule has 0 aliphatic rings. The van der Waals surface area contributed by atoms with Crippen LogP contribution >= 0.6 is 15.9 Å². The fourth-order valence-electron chi connectivity index (χ4n) is 1.04. The molecular formula is C9H11BrO2. The fraction of sp³-hybridized carbons (Fsp3) is 0.333. The third-order valence-corrected chi connectivity index (χ3v) is 2.56. The van der Waals surface area contributed by atoms with Gasteiger partial charge in [-0.15, -0.1) is 0 Å². The molecule has 0 fully saturated rings. The topological polar surface area (TPSA) is 29.5 Å². The van der Waals surface area contributed by atoms with E-state index in [9.17, 15) is 0 Å². The van der Waals surface area contributed by atoms with Gasteiger partial charge in [-0.2, -0.15) is 0 Å². The van der Waals surface area contributed by atoms with Crippen LogP contribution in [-0.2, 0) is 0 Å². The van der Waals surface area contributed by atoms with Crippen LogP contribution in [0.5, 0.6) is 5.75 Å². The highest BCUT2D eigenvalue weighted by molar-refractivity contribution is 9.10. The van der Waals surface area contributed by atoms with Crippen molar-refractivity contribution in [1.82, 2.24) is 0 Å². The predicted octanol–water partition coefficient (Wildman–Crippen LogP) is 3.42. The molecule has 0 atom stereocenters. The number of hydrogen-bond acceptors (Lipinski definition) is 2. The van der Waals surface area contributed by atoms with Crippen LogP contribution in [0.3, 0.4) is 0 Å². The minimum atomic E-state index is 0.412. The van der Waals surface area contributed by atoms with Gasteiger partial charge in [-0.1, -0.05) is 26.0 Å². The summed E-state index contributed by atoms with van der Waals surface area (Å²) in [5.74, 6) is 0.871. The molecule has 0 unspecified atom stereocenters. The lowest BCUT2D eigenvalue weighted by Gasteiger charge is -2.09. The summed E-state index contributed by atoms with van der Waals surface area (Å²) >= 11 is 3.36. The maximum atomic E-state index is 8.49. The summed E-state index contributed by atoms with van der Waals surface area (Å²) in [5.41, 5.74) is 1.13. The highest BCUT2D eigenvalue weighted by atomic mass is 79.9. The average Bonchev–Trinajstić information content (AvgIpc) is 2.04. The average molecular weight is 231 g/mol. The van der Waals surface area contributed by atoms with Gasteiger partial charge in [0.1, 0.15) is 0 Å². The molecule has 2 nitrogen and oxygen atoms in total. The van der Waals surface area contributed by atoms with Gasteiger partial charge < -0.3 is 4.89 Å². The van der Waals surface area contributed by atoms with Crippen LogP contribution in [0.25, 0.3) is 0 Å². The van der Waals surface area contributed by atoms with Crippen molar-refractivity contribution in [3.63, 3.8) is 0 Å². The van der Waals surface area contributed by atoms with Crippen molar-refractivity contribution in [3.8, 4) is 5.75 Å². The Labute approximate surface area is 80.2 Å². The molecular weight excluding hydrogens is 220 g/mol. The molecule has 0 saturated carbocycles. The molecule has 0 amide bonds. The van der Waals surface area contributed by atoms with Gasteiger partial charge in [0.15, 0.2) is 5.75 Å². The minimum absolute atomic E-state index is 0.412. The Bertz CT molecular complexity index is 271. The van der Waals surface area contributed by atoms with Gasteiger partial charge in [0, 0.05) is 0 Å². The third-order valence-electron chi connectivity index (χ3n) is 1.71. The number of benzene rings is 1. The van der Waals surface area contributed by atoms with Crippen LogP contribution in [0.2, 0.25) is 0 Å². The lowest BCUT2D eigenvalue weighted by molar-refractivity contribution is -0.138. The van der Waals surface area contributed by atoms with Crippen molar-refractivity contribution < 1.29 is 10.1 Å². The van der Waals surface area contributed by atoms with Crippen molar-refractivity contribution in [2.45, 2.75) is 19.8 Å². The molecule has 3 heteroatoms. The molecule has 0 bridgehead atoms. The molecule has 0 aliphatic carbocycles. The third kappa shape index (κ3) is 1.79. The number of rotatable bonds is 2. The van der Waals surface area contributed by atoms with Crippen molar-refractivity contribution in [3.05, 3.63) is 28.2 Å². The normalized spacial score (nSPS) is 10.4. The van der Waals surface area contributed by atoms with Gasteiger partial charge in [0.05, 0.1) is 4.47 Å². The molecule has 0 aliphatic heterocycles. The SMILES string of the molecule is CC(C)c1cccc(OO)c1Br. The van der Waals surface area contributed by atoms with Crippen LogP contribution < -0.4 is 4.89 Å². The van der Waals surface area contributed by atoms with Gasteiger partial charge >= 0.3 is 0 Å². The first kappa shape index (κ1) is 9.55. The molecule has 12 heavy (non-hydrogen) atoms. The summed E-state index contributed by atoms with van der Waals surface area (Å²) in [4.78, 5) is 4.19. The first-order chi connectivity index (χ1) is 5.66. The molecule has 0 heterocycles. The van der Waals surface area contributed by atoms with Crippen molar-refractivity contribution in [1.29, 1.82) is 0 Å². The fourth-order valence-corrected chi connectivity index (χ4v) is 1.84. The minimum Gasteiger partial charge on any atom is -0.339 e. The first-order valence-corrected chi connectivity index (χ1v) is 4.56. The summed E-state index contributed by atoms with van der Waals surface area (Å²) in [5, 5.41) is 8.49. The van der Waals surface area contributed by atoms with Crippen LogP contribution in [-0.4, -0.2) is 5.26 Å². The molecule has 0 aromatic heterocycles. The zero-order valence-corrected chi connectivity index (χ0v) is 8.63. The van der Waals surface area contributed by atoms with E-state index in [0.717, 1.165) is 10.0 Å². The molecule has 1 N–H and O–H groups in total. The van der Waals surface area contributed by atoms with E-state index in [1.54, 1.807) is 6.07 Å². The maximum Gasteiger partial charge on any atom is 0.179 e. The first-order valence-electron chi connectivity index (χ1n) is 3.76. The number of halogens is 1. The molecule has 0 saturated heterocycles. The predicted molar refractivity (Wildman–Crippen MR) is 51.5 cm³/mol. The Morgan fingerprint density at radius 2 is 2.08 bits per heavy atom. The summed E-state index contributed by atoms with van der Waals surface area (Å²) in [6.07, 6.45) is 0. The number of hydrogen-bond donors (Lipinski definition) is 1. The Balaban J connectivity index is 3.14. The highest BCUT2D eigenvalue weighted by Crippen LogP contribution is 2.32. The summed E-state index contributed by atoms with van der Waals surface area (Å²) < 4.78 is 0.822. The Morgan fingerprint density at radius 3 is 2.58 bits per heavy atom. The van der Waals surface area contributed by atoms with Crippen molar-refractivity contribution >= 4 is 15.9 Å². The smallest absolute Gasteiger partial charge is 0.179 e. The van der Waals surface area contributed by atoms with Crippen LogP contribution in [0.4, 0.5) is 0 Å². The van der Waals surface area contributed by atoms with Crippen molar-refractivity contribution in [2.24, 2.45) is 0 Å². The van der Waals surface area contributed by atoms with Gasteiger partial charge in [0.25, 0.3) is 0 Å². The lowest BCUT2D eigenvalue weighted by Crippen LogP contribution is -1.92. The molecule has 1 aromatic rings. The Kier molecular flexibility index (Phi) is 3.12. The van der Waals surface area contributed by atoms with Crippen LogP contribution in [0.15, 0.2) is 22.7 Å². The monoisotopic (exact) mass is 230 g/mol. The van der Waals surface area contributed by atoms with E-state index in [1.165, 1.54) is 0 Å². The van der Waals surface area contributed by atoms with Gasteiger partial charge in [0.2, 0.25) is 0 Å². The molecule has 0 radical (unpaired) electrons. The molecule has 0 spiro atoms. The van der Waals surface area contributed by atoms with E-state index in [-0.39, 0.29) is 0 Å². The van der Waals surface area contributed by atoms with Gasteiger partial charge in [-0.05, 0) is 33.5 Å². The summed E-state index contributed by atoms with van der Waals surface area (Å²) in [6.45, 7) is 4.17. The molecule has 66 valence electrons. The highest BCUT2D eigenvalue weighted by Gasteiger charge is 2.08. The Hall–Kier alpha value is -0.540. The van der Waals surface area contributed by atoms with E-state index in [0.29, 0.717) is 11.7 Å². The zero-order valence-electron chi connectivity index (χ0n) is 7.04. The van der Waals surface area contributed by atoms with E-state index in [4.69, 9.17) is 5.26 Å². The van der Waals surface area contributed by atoms with Crippen LogP contribution in [0.1, 0.15) is 25.3 Å². The standard InChI is InChI=1S/C9H11BrO2/c1-6(2)7-4-3-5-8(12-11)9(7)10/h3-6,11H,1-2H3. The quantitative estimate of drug-likeness (QED) is 0.624. The summed E-state index contributed by atoms with van der Waals surface area (Å²) in [7, 11) is 0. The Morgan fingerprint density at radius 1 is 1.42 bits per heavy atom. The largest absolute Gasteiger partial charge is 0.339 e. The second-order valence-electron chi connectivity index (χ2n) is 2.91. The second kappa shape index (κ2) is 3.92. The second-order valence-corrected chi connectivity index (χ2v) is 3.70.